The predicted octanol–water partition coefficient (Wildman–Crippen LogP) is 2.82. The smallest absolute Gasteiger partial charge is 0.119 e. The van der Waals surface area contributed by atoms with Crippen molar-refractivity contribution in [3.8, 4) is 5.75 Å². The van der Waals surface area contributed by atoms with Crippen molar-refractivity contribution in [2.45, 2.75) is 38.8 Å². The molecule has 0 aliphatic carbocycles. The number of hydrogen-bond acceptors (Lipinski definition) is 3. The summed E-state index contributed by atoms with van der Waals surface area (Å²) in [5.41, 5.74) is 7.17. The van der Waals surface area contributed by atoms with Crippen LogP contribution in [0.4, 0.5) is 0 Å². The summed E-state index contributed by atoms with van der Waals surface area (Å²) in [6, 6.07) is 9.07. The Labute approximate surface area is 111 Å². The normalized spacial score (nSPS) is 14.6. The van der Waals surface area contributed by atoms with E-state index in [2.05, 4.69) is 38.1 Å². The fraction of sp³-hybridized carbons (Fsp3) is 0.600. The molecule has 0 amide bonds. The lowest BCUT2D eigenvalue weighted by Crippen LogP contribution is -2.23. The summed E-state index contributed by atoms with van der Waals surface area (Å²) < 4.78 is 5.47. The maximum atomic E-state index is 5.84. The van der Waals surface area contributed by atoms with Crippen molar-refractivity contribution >= 4 is 0 Å². The third-order valence-electron chi connectivity index (χ3n) is 3.09. The molecule has 0 fully saturated rings. The number of ether oxygens (including phenoxy) is 1. The molecule has 3 nitrogen and oxygen atoms in total. The number of benzene rings is 1. The Morgan fingerprint density at radius 2 is 1.78 bits per heavy atom. The van der Waals surface area contributed by atoms with Crippen LogP contribution in [0.3, 0.4) is 0 Å². The minimum Gasteiger partial charge on any atom is -0.494 e. The number of hydrogen-bond donors (Lipinski definition) is 1. The standard InChI is InChI=1S/C15H26N2O/c1-5-18-14-9-7-13(8-10-14)15(17(3)4)11-6-12(2)16/h7-10,12,15H,5-6,11,16H2,1-4H3. The summed E-state index contributed by atoms with van der Waals surface area (Å²) >= 11 is 0. The van der Waals surface area contributed by atoms with Crippen LogP contribution in [0, 0.1) is 0 Å². The molecule has 1 aromatic carbocycles. The third-order valence-corrected chi connectivity index (χ3v) is 3.09. The molecule has 2 N–H and O–H groups in total. The molecule has 1 rings (SSSR count). The lowest BCUT2D eigenvalue weighted by Gasteiger charge is -2.25. The van der Waals surface area contributed by atoms with E-state index in [1.807, 2.05) is 19.1 Å². The van der Waals surface area contributed by atoms with Crippen molar-refractivity contribution in [3.05, 3.63) is 29.8 Å². The lowest BCUT2D eigenvalue weighted by atomic mass is 9.99. The molecule has 0 saturated carbocycles. The highest BCUT2D eigenvalue weighted by Crippen LogP contribution is 2.25. The first-order valence-corrected chi connectivity index (χ1v) is 6.69. The van der Waals surface area contributed by atoms with Crippen LogP contribution < -0.4 is 10.5 Å². The zero-order chi connectivity index (χ0) is 13.5. The summed E-state index contributed by atoms with van der Waals surface area (Å²) in [5, 5.41) is 0. The average Bonchev–Trinajstić information content (AvgIpc) is 2.31. The molecule has 0 spiro atoms. The Balaban J connectivity index is 2.72. The summed E-state index contributed by atoms with van der Waals surface area (Å²) in [6.07, 6.45) is 2.12. The molecule has 0 radical (unpaired) electrons. The van der Waals surface area contributed by atoms with Crippen LogP contribution in [0.5, 0.6) is 5.75 Å². The molecule has 2 unspecified atom stereocenters. The second kappa shape index (κ2) is 7.39. The van der Waals surface area contributed by atoms with Crippen molar-refractivity contribution in [2.75, 3.05) is 20.7 Å². The van der Waals surface area contributed by atoms with E-state index in [1.165, 1.54) is 5.56 Å². The highest BCUT2D eigenvalue weighted by atomic mass is 16.5. The van der Waals surface area contributed by atoms with Crippen molar-refractivity contribution < 1.29 is 4.74 Å². The Morgan fingerprint density at radius 1 is 1.17 bits per heavy atom. The summed E-state index contributed by atoms with van der Waals surface area (Å²) in [7, 11) is 4.23. The predicted molar refractivity (Wildman–Crippen MR) is 76.9 cm³/mol. The summed E-state index contributed by atoms with van der Waals surface area (Å²) in [5.74, 6) is 0.936. The molecule has 0 bridgehead atoms. The molecule has 0 heterocycles. The maximum absolute atomic E-state index is 5.84. The SMILES string of the molecule is CCOc1ccc(C(CCC(C)N)N(C)C)cc1. The second-order valence-corrected chi connectivity index (χ2v) is 5.04. The van der Waals surface area contributed by atoms with Crippen LogP contribution >= 0.6 is 0 Å². The summed E-state index contributed by atoms with van der Waals surface area (Å²) in [4.78, 5) is 2.25. The van der Waals surface area contributed by atoms with Gasteiger partial charge in [-0.1, -0.05) is 12.1 Å². The monoisotopic (exact) mass is 250 g/mol. The van der Waals surface area contributed by atoms with Gasteiger partial charge < -0.3 is 15.4 Å². The van der Waals surface area contributed by atoms with Gasteiger partial charge in [0.25, 0.3) is 0 Å². The third kappa shape index (κ3) is 4.67. The van der Waals surface area contributed by atoms with Crippen molar-refractivity contribution in [1.29, 1.82) is 0 Å². The second-order valence-electron chi connectivity index (χ2n) is 5.04. The Bertz CT molecular complexity index is 333. The minimum absolute atomic E-state index is 0.259. The Hall–Kier alpha value is -1.06. The Morgan fingerprint density at radius 3 is 2.22 bits per heavy atom. The first kappa shape index (κ1) is 15.0. The fourth-order valence-electron chi connectivity index (χ4n) is 2.10. The van der Waals surface area contributed by atoms with Gasteiger partial charge >= 0.3 is 0 Å². The lowest BCUT2D eigenvalue weighted by molar-refractivity contribution is 0.274. The van der Waals surface area contributed by atoms with E-state index in [0.717, 1.165) is 18.6 Å². The largest absolute Gasteiger partial charge is 0.494 e. The molecule has 0 aromatic heterocycles. The first-order valence-electron chi connectivity index (χ1n) is 6.69. The molecule has 0 aliphatic heterocycles. The van der Waals surface area contributed by atoms with Gasteiger partial charge in [-0.25, -0.2) is 0 Å². The summed E-state index contributed by atoms with van der Waals surface area (Å²) in [6.45, 7) is 4.77. The topological polar surface area (TPSA) is 38.5 Å². The van der Waals surface area contributed by atoms with Gasteiger partial charge in [0.05, 0.1) is 6.61 Å². The van der Waals surface area contributed by atoms with E-state index in [1.54, 1.807) is 0 Å². The quantitative estimate of drug-likeness (QED) is 0.808. The fourth-order valence-corrected chi connectivity index (χ4v) is 2.10. The molecule has 0 aliphatic rings. The molecule has 1 aromatic rings. The molecule has 0 saturated heterocycles. The van der Waals surface area contributed by atoms with Crippen LogP contribution in [0.2, 0.25) is 0 Å². The van der Waals surface area contributed by atoms with Crippen LogP contribution in [0.25, 0.3) is 0 Å². The van der Waals surface area contributed by atoms with E-state index in [-0.39, 0.29) is 6.04 Å². The van der Waals surface area contributed by atoms with Gasteiger partial charge in [0, 0.05) is 12.1 Å². The highest BCUT2D eigenvalue weighted by molar-refractivity contribution is 5.29. The molecular weight excluding hydrogens is 224 g/mol. The number of rotatable bonds is 7. The van der Waals surface area contributed by atoms with E-state index >= 15 is 0 Å². The number of nitrogens with zero attached hydrogens (tertiary/aromatic N) is 1. The molecule has 18 heavy (non-hydrogen) atoms. The van der Waals surface area contributed by atoms with Crippen molar-refractivity contribution in [3.63, 3.8) is 0 Å². The average molecular weight is 250 g/mol. The molecule has 102 valence electrons. The van der Waals surface area contributed by atoms with E-state index < -0.39 is 0 Å². The van der Waals surface area contributed by atoms with Gasteiger partial charge in [0.2, 0.25) is 0 Å². The van der Waals surface area contributed by atoms with E-state index in [9.17, 15) is 0 Å². The zero-order valence-electron chi connectivity index (χ0n) is 12.0. The van der Waals surface area contributed by atoms with Crippen molar-refractivity contribution in [1.82, 2.24) is 4.90 Å². The molecular formula is C15H26N2O. The maximum Gasteiger partial charge on any atom is 0.119 e. The van der Waals surface area contributed by atoms with Crippen LogP contribution in [0.1, 0.15) is 38.3 Å². The van der Waals surface area contributed by atoms with E-state index in [0.29, 0.717) is 12.6 Å². The van der Waals surface area contributed by atoms with Gasteiger partial charge in [0.15, 0.2) is 0 Å². The Kier molecular flexibility index (Phi) is 6.16. The molecule has 2 atom stereocenters. The first-order chi connectivity index (χ1) is 8.54. The van der Waals surface area contributed by atoms with Gasteiger partial charge in [-0.15, -0.1) is 0 Å². The highest BCUT2D eigenvalue weighted by Gasteiger charge is 2.14. The van der Waals surface area contributed by atoms with Crippen LogP contribution in [0.15, 0.2) is 24.3 Å². The van der Waals surface area contributed by atoms with Gasteiger partial charge in [-0.05, 0) is 58.5 Å². The van der Waals surface area contributed by atoms with E-state index in [4.69, 9.17) is 10.5 Å². The number of nitrogens with two attached hydrogens (primary N) is 1. The van der Waals surface area contributed by atoms with Gasteiger partial charge in [0.1, 0.15) is 5.75 Å². The van der Waals surface area contributed by atoms with Crippen LogP contribution in [-0.4, -0.2) is 31.6 Å². The van der Waals surface area contributed by atoms with Gasteiger partial charge in [-0.3, -0.25) is 0 Å². The molecule has 3 heteroatoms. The minimum atomic E-state index is 0.259. The van der Waals surface area contributed by atoms with Crippen molar-refractivity contribution in [2.24, 2.45) is 5.73 Å². The van der Waals surface area contributed by atoms with Crippen LogP contribution in [-0.2, 0) is 0 Å². The van der Waals surface area contributed by atoms with Gasteiger partial charge in [-0.2, -0.15) is 0 Å². The zero-order valence-corrected chi connectivity index (χ0v) is 12.0.